The molecular weight excluding hydrogens is 366 g/mol. The van der Waals surface area contributed by atoms with Gasteiger partial charge in [-0.1, -0.05) is 35.9 Å². The summed E-state index contributed by atoms with van der Waals surface area (Å²) in [7, 11) is 0. The van der Waals surface area contributed by atoms with E-state index in [0.29, 0.717) is 13.0 Å². The Labute approximate surface area is 170 Å². The molecule has 1 saturated heterocycles. The molecular formula is C23H25N3O3. The van der Waals surface area contributed by atoms with Gasteiger partial charge in [-0.2, -0.15) is 5.10 Å². The number of carbonyl (C=O) groups is 1. The fourth-order valence-corrected chi connectivity index (χ4v) is 4.25. The quantitative estimate of drug-likeness (QED) is 0.801. The van der Waals surface area contributed by atoms with E-state index in [-0.39, 0.29) is 18.7 Å². The maximum Gasteiger partial charge on any atom is 0.257 e. The first-order chi connectivity index (χ1) is 14.2. The summed E-state index contributed by atoms with van der Waals surface area (Å²) in [4.78, 5) is 15.4. The lowest BCUT2D eigenvalue weighted by Gasteiger charge is -2.24. The van der Waals surface area contributed by atoms with E-state index in [2.05, 4.69) is 36.1 Å². The first-order valence-electron chi connectivity index (χ1n) is 10.3. The molecule has 0 radical (unpaired) electrons. The van der Waals surface area contributed by atoms with Gasteiger partial charge in [-0.05, 0) is 56.1 Å². The van der Waals surface area contributed by atoms with Crippen molar-refractivity contribution in [1.29, 1.82) is 0 Å². The molecule has 0 aromatic heterocycles. The highest BCUT2D eigenvalue weighted by atomic mass is 16.7. The number of likely N-dealkylation sites (tertiary alicyclic amines) is 1. The standard InChI is InChI=1S/C23H25N3O3/c1-16-4-6-17(7-5-16)19-13-20(18-8-9-21-22(12-18)29-15-28-21)26(24-19)23(27)14-25-10-2-3-11-25/h4-9,12,20H,2-3,10-11,13-15H2,1H3/t20-/m0/s1. The predicted octanol–water partition coefficient (Wildman–Crippen LogP) is 3.50. The molecule has 1 fully saturated rings. The van der Waals surface area contributed by atoms with Crippen LogP contribution in [0.25, 0.3) is 0 Å². The van der Waals surface area contributed by atoms with E-state index in [9.17, 15) is 4.79 Å². The van der Waals surface area contributed by atoms with Crippen LogP contribution < -0.4 is 9.47 Å². The van der Waals surface area contributed by atoms with Crippen LogP contribution >= 0.6 is 0 Å². The van der Waals surface area contributed by atoms with Gasteiger partial charge in [0.2, 0.25) is 6.79 Å². The number of carbonyl (C=O) groups excluding carboxylic acids is 1. The molecule has 2 aromatic rings. The number of fused-ring (bicyclic) bond motifs is 1. The summed E-state index contributed by atoms with van der Waals surface area (Å²) >= 11 is 0. The number of hydrazone groups is 1. The summed E-state index contributed by atoms with van der Waals surface area (Å²) in [6.45, 7) is 4.71. The highest BCUT2D eigenvalue weighted by Crippen LogP contribution is 2.39. The second-order valence-electron chi connectivity index (χ2n) is 7.97. The van der Waals surface area contributed by atoms with E-state index in [4.69, 9.17) is 14.6 Å². The molecule has 3 aliphatic rings. The van der Waals surface area contributed by atoms with Crippen LogP contribution in [-0.4, -0.2) is 48.0 Å². The number of nitrogens with zero attached hydrogens (tertiary/aromatic N) is 3. The van der Waals surface area contributed by atoms with Crippen molar-refractivity contribution in [2.24, 2.45) is 5.10 Å². The number of ether oxygens (including phenoxy) is 2. The van der Waals surface area contributed by atoms with Crippen LogP contribution in [0.3, 0.4) is 0 Å². The zero-order chi connectivity index (χ0) is 19.8. The third kappa shape index (κ3) is 3.60. The van der Waals surface area contributed by atoms with Crippen LogP contribution in [0.15, 0.2) is 47.6 Å². The maximum absolute atomic E-state index is 13.2. The van der Waals surface area contributed by atoms with Crippen molar-refractivity contribution >= 4 is 11.6 Å². The highest BCUT2D eigenvalue weighted by Gasteiger charge is 2.34. The number of amides is 1. The lowest BCUT2D eigenvalue weighted by Crippen LogP contribution is -2.36. The van der Waals surface area contributed by atoms with Crippen LogP contribution in [0, 0.1) is 6.92 Å². The third-order valence-corrected chi connectivity index (χ3v) is 5.89. The number of benzene rings is 2. The van der Waals surface area contributed by atoms with Crippen molar-refractivity contribution in [3.8, 4) is 11.5 Å². The maximum atomic E-state index is 13.2. The van der Waals surface area contributed by atoms with Gasteiger partial charge in [0.15, 0.2) is 11.5 Å². The smallest absolute Gasteiger partial charge is 0.257 e. The number of hydrogen-bond donors (Lipinski definition) is 0. The number of aryl methyl sites for hydroxylation is 1. The van der Waals surface area contributed by atoms with Crippen molar-refractivity contribution in [2.45, 2.75) is 32.2 Å². The summed E-state index contributed by atoms with van der Waals surface area (Å²) in [6.07, 6.45) is 3.02. The summed E-state index contributed by atoms with van der Waals surface area (Å²) in [5.41, 5.74) is 4.25. The minimum atomic E-state index is -0.129. The van der Waals surface area contributed by atoms with Crippen LogP contribution in [0.4, 0.5) is 0 Å². The molecule has 6 nitrogen and oxygen atoms in total. The first kappa shape index (κ1) is 18.2. The van der Waals surface area contributed by atoms with Gasteiger partial charge >= 0.3 is 0 Å². The van der Waals surface area contributed by atoms with E-state index in [1.807, 2.05) is 18.2 Å². The third-order valence-electron chi connectivity index (χ3n) is 5.89. The number of hydrogen-bond acceptors (Lipinski definition) is 5. The molecule has 0 bridgehead atoms. The SMILES string of the molecule is Cc1ccc(C2=NN(C(=O)CN3CCCC3)[C@H](c3ccc4c(c3)OCO4)C2)cc1. The normalized spacial score (nSPS) is 20.9. The van der Waals surface area contributed by atoms with E-state index < -0.39 is 0 Å². The molecule has 5 rings (SSSR count). The molecule has 0 unspecified atom stereocenters. The lowest BCUT2D eigenvalue weighted by molar-refractivity contribution is -0.134. The zero-order valence-corrected chi connectivity index (χ0v) is 16.6. The topological polar surface area (TPSA) is 54.4 Å². The van der Waals surface area contributed by atoms with Crippen molar-refractivity contribution < 1.29 is 14.3 Å². The number of rotatable bonds is 4. The molecule has 0 aliphatic carbocycles. The molecule has 6 heteroatoms. The Hall–Kier alpha value is -2.86. The van der Waals surface area contributed by atoms with Gasteiger partial charge in [0.05, 0.1) is 18.3 Å². The molecule has 3 aliphatic heterocycles. The largest absolute Gasteiger partial charge is 0.454 e. The van der Waals surface area contributed by atoms with Gasteiger partial charge < -0.3 is 9.47 Å². The van der Waals surface area contributed by atoms with Gasteiger partial charge in [-0.25, -0.2) is 5.01 Å². The lowest BCUT2D eigenvalue weighted by atomic mass is 9.97. The van der Waals surface area contributed by atoms with E-state index in [0.717, 1.165) is 54.3 Å². The van der Waals surface area contributed by atoms with Gasteiger partial charge in [0.25, 0.3) is 5.91 Å². The Kier molecular flexibility index (Phi) is 4.72. The van der Waals surface area contributed by atoms with E-state index >= 15 is 0 Å². The average Bonchev–Trinajstić information content (AvgIpc) is 3.48. The van der Waals surface area contributed by atoms with Gasteiger partial charge in [0, 0.05) is 6.42 Å². The zero-order valence-electron chi connectivity index (χ0n) is 16.6. The Morgan fingerprint density at radius 3 is 2.62 bits per heavy atom. The van der Waals surface area contributed by atoms with Crippen LogP contribution in [0.2, 0.25) is 0 Å². The Balaban J connectivity index is 1.45. The molecule has 0 N–H and O–H groups in total. The average molecular weight is 391 g/mol. The first-order valence-corrected chi connectivity index (χ1v) is 10.3. The molecule has 1 amide bonds. The minimum absolute atomic E-state index is 0.0525. The second kappa shape index (κ2) is 7.52. The summed E-state index contributed by atoms with van der Waals surface area (Å²) in [5.74, 6) is 1.54. The van der Waals surface area contributed by atoms with Crippen molar-refractivity contribution in [3.63, 3.8) is 0 Å². The second-order valence-corrected chi connectivity index (χ2v) is 7.97. The fraction of sp³-hybridized carbons (Fsp3) is 0.391. The van der Waals surface area contributed by atoms with Crippen molar-refractivity contribution in [3.05, 3.63) is 59.2 Å². The van der Waals surface area contributed by atoms with Crippen LogP contribution in [0.1, 0.15) is 42.0 Å². The van der Waals surface area contributed by atoms with Crippen LogP contribution in [0.5, 0.6) is 11.5 Å². The summed E-state index contributed by atoms with van der Waals surface area (Å²) < 4.78 is 11.0. The minimum Gasteiger partial charge on any atom is -0.454 e. The van der Waals surface area contributed by atoms with Gasteiger partial charge in [-0.15, -0.1) is 0 Å². The molecule has 1 atom stereocenters. The monoisotopic (exact) mass is 391 g/mol. The Morgan fingerprint density at radius 2 is 1.83 bits per heavy atom. The van der Waals surface area contributed by atoms with E-state index in [1.54, 1.807) is 5.01 Å². The molecule has 2 aromatic carbocycles. The van der Waals surface area contributed by atoms with Gasteiger partial charge in [0.1, 0.15) is 0 Å². The van der Waals surface area contributed by atoms with E-state index in [1.165, 1.54) is 5.56 Å². The molecule has 0 saturated carbocycles. The Bertz CT molecular complexity index is 948. The van der Waals surface area contributed by atoms with Crippen molar-refractivity contribution in [2.75, 3.05) is 26.4 Å². The molecule has 0 spiro atoms. The highest BCUT2D eigenvalue weighted by molar-refractivity contribution is 6.03. The van der Waals surface area contributed by atoms with Gasteiger partial charge in [-0.3, -0.25) is 9.69 Å². The summed E-state index contributed by atoms with van der Waals surface area (Å²) in [6, 6.07) is 14.1. The predicted molar refractivity (Wildman–Crippen MR) is 110 cm³/mol. The van der Waals surface area contributed by atoms with Crippen LogP contribution in [-0.2, 0) is 4.79 Å². The molecule has 150 valence electrons. The molecule has 3 heterocycles. The summed E-state index contributed by atoms with van der Waals surface area (Å²) in [5, 5.41) is 6.47. The Morgan fingerprint density at radius 1 is 1.07 bits per heavy atom. The van der Waals surface area contributed by atoms with Crippen molar-refractivity contribution in [1.82, 2.24) is 9.91 Å². The molecule has 29 heavy (non-hydrogen) atoms. The fourth-order valence-electron chi connectivity index (χ4n) is 4.25.